The summed E-state index contributed by atoms with van der Waals surface area (Å²) in [7, 11) is 0. The minimum atomic E-state index is 0.423. The van der Waals surface area contributed by atoms with Gasteiger partial charge in [0, 0.05) is 16.4 Å². The SMILES string of the molecule is Nc1ccnc(COc2ccc(Br)cc2)c1. The van der Waals surface area contributed by atoms with Crippen molar-refractivity contribution >= 4 is 21.6 Å². The quantitative estimate of drug-likeness (QED) is 0.939. The molecular formula is C12H11BrN2O. The normalized spacial score (nSPS) is 10.1. The van der Waals surface area contributed by atoms with E-state index in [-0.39, 0.29) is 0 Å². The third-order valence-corrected chi connectivity index (χ3v) is 2.57. The summed E-state index contributed by atoms with van der Waals surface area (Å²) in [6.45, 7) is 0.423. The number of aromatic nitrogens is 1. The highest BCUT2D eigenvalue weighted by atomic mass is 79.9. The summed E-state index contributed by atoms with van der Waals surface area (Å²) < 4.78 is 6.59. The van der Waals surface area contributed by atoms with Crippen LogP contribution in [0.4, 0.5) is 5.69 Å². The van der Waals surface area contributed by atoms with E-state index in [1.54, 1.807) is 18.3 Å². The Morgan fingerprint density at radius 1 is 1.19 bits per heavy atom. The first-order valence-electron chi connectivity index (χ1n) is 4.83. The van der Waals surface area contributed by atoms with Gasteiger partial charge in [-0.2, -0.15) is 0 Å². The van der Waals surface area contributed by atoms with Crippen molar-refractivity contribution < 1.29 is 4.74 Å². The zero-order chi connectivity index (χ0) is 11.4. The zero-order valence-electron chi connectivity index (χ0n) is 8.56. The predicted octanol–water partition coefficient (Wildman–Crippen LogP) is 3.01. The lowest BCUT2D eigenvalue weighted by Gasteiger charge is -2.05. The number of halogens is 1. The Morgan fingerprint density at radius 2 is 1.94 bits per heavy atom. The van der Waals surface area contributed by atoms with Crippen LogP contribution in [-0.4, -0.2) is 4.98 Å². The summed E-state index contributed by atoms with van der Waals surface area (Å²) in [6, 6.07) is 11.2. The Bertz CT molecular complexity index is 471. The molecule has 0 atom stereocenters. The number of nitrogens with two attached hydrogens (primary N) is 1. The highest BCUT2D eigenvalue weighted by Crippen LogP contribution is 2.17. The molecule has 2 N–H and O–H groups in total. The molecule has 0 saturated heterocycles. The molecule has 0 saturated carbocycles. The lowest BCUT2D eigenvalue weighted by molar-refractivity contribution is 0.301. The van der Waals surface area contributed by atoms with Gasteiger partial charge in [-0.1, -0.05) is 15.9 Å². The molecule has 2 aromatic rings. The molecule has 0 radical (unpaired) electrons. The fraction of sp³-hybridized carbons (Fsp3) is 0.0833. The topological polar surface area (TPSA) is 48.1 Å². The average molecular weight is 279 g/mol. The lowest BCUT2D eigenvalue weighted by Crippen LogP contribution is -1.99. The maximum Gasteiger partial charge on any atom is 0.130 e. The summed E-state index contributed by atoms with van der Waals surface area (Å²) in [5, 5.41) is 0. The molecule has 2 rings (SSSR count). The van der Waals surface area contributed by atoms with Crippen LogP contribution in [0.25, 0.3) is 0 Å². The van der Waals surface area contributed by atoms with Crippen molar-refractivity contribution in [1.29, 1.82) is 0 Å². The molecule has 0 fully saturated rings. The summed E-state index contributed by atoms with van der Waals surface area (Å²) in [5.74, 6) is 0.812. The van der Waals surface area contributed by atoms with E-state index in [0.29, 0.717) is 12.3 Å². The van der Waals surface area contributed by atoms with Gasteiger partial charge in [0.15, 0.2) is 0 Å². The second-order valence-electron chi connectivity index (χ2n) is 3.32. The van der Waals surface area contributed by atoms with E-state index in [0.717, 1.165) is 15.9 Å². The molecule has 0 aliphatic heterocycles. The highest BCUT2D eigenvalue weighted by Gasteiger charge is 1.97. The van der Waals surface area contributed by atoms with E-state index in [2.05, 4.69) is 20.9 Å². The van der Waals surface area contributed by atoms with Crippen molar-refractivity contribution in [2.45, 2.75) is 6.61 Å². The van der Waals surface area contributed by atoms with E-state index < -0.39 is 0 Å². The fourth-order valence-electron chi connectivity index (χ4n) is 1.26. The van der Waals surface area contributed by atoms with Gasteiger partial charge < -0.3 is 10.5 Å². The van der Waals surface area contributed by atoms with Crippen LogP contribution < -0.4 is 10.5 Å². The third kappa shape index (κ3) is 2.97. The van der Waals surface area contributed by atoms with Crippen LogP contribution in [0.3, 0.4) is 0 Å². The van der Waals surface area contributed by atoms with Crippen LogP contribution in [0.1, 0.15) is 5.69 Å². The van der Waals surface area contributed by atoms with Crippen LogP contribution in [-0.2, 0) is 6.61 Å². The maximum atomic E-state index is 5.65. The van der Waals surface area contributed by atoms with Crippen LogP contribution in [0.15, 0.2) is 47.1 Å². The number of nitrogen functional groups attached to an aromatic ring is 1. The van der Waals surface area contributed by atoms with Gasteiger partial charge >= 0.3 is 0 Å². The molecular weight excluding hydrogens is 268 g/mol. The third-order valence-electron chi connectivity index (χ3n) is 2.04. The standard InChI is InChI=1S/C12H11BrN2O/c13-9-1-3-12(4-2-9)16-8-11-7-10(14)5-6-15-11/h1-7H,8H2,(H2,14,15). The summed E-state index contributed by atoms with van der Waals surface area (Å²) in [5.41, 5.74) is 7.17. The molecule has 1 aromatic heterocycles. The number of pyridine rings is 1. The second-order valence-corrected chi connectivity index (χ2v) is 4.24. The van der Waals surface area contributed by atoms with Crippen LogP contribution in [0, 0.1) is 0 Å². The number of nitrogens with zero attached hydrogens (tertiary/aromatic N) is 1. The van der Waals surface area contributed by atoms with Crippen molar-refractivity contribution in [3.05, 3.63) is 52.8 Å². The lowest BCUT2D eigenvalue weighted by atomic mass is 10.3. The predicted molar refractivity (Wildman–Crippen MR) is 67.1 cm³/mol. The molecule has 0 bridgehead atoms. The number of anilines is 1. The molecule has 1 heterocycles. The van der Waals surface area contributed by atoms with Crippen molar-refractivity contribution in [3.63, 3.8) is 0 Å². The van der Waals surface area contributed by atoms with Gasteiger partial charge in [-0.25, -0.2) is 0 Å². The average Bonchev–Trinajstić information content (AvgIpc) is 2.28. The second kappa shape index (κ2) is 4.99. The minimum Gasteiger partial charge on any atom is -0.487 e. The van der Waals surface area contributed by atoms with Gasteiger partial charge in [0.25, 0.3) is 0 Å². The fourth-order valence-corrected chi connectivity index (χ4v) is 1.53. The number of ether oxygens (including phenoxy) is 1. The molecule has 0 amide bonds. The Labute approximate surface area is 102 Å². The first-order valence-corrected chi connectivity index (χ1v) is 5.62. The van der Waals surface area contributed by atoms with E-state index in [1.165, 1.54) is 0 Å². The first-order chi connectivity index (χ1) is 7.74. The molecule has 0 aliphatic rings. The summed E-state index contributed by atoms with van der Waals surface area (Å²) >= 11 is 3.37. The number of benzene rings is 1. The van der Waals surface area contributed by atoms with Crippen molar-refractivity contribution in [2.75, 3.05) is 5.73 Å². The molecule has 0 spiro atoms. The van der Waals surface area contributed by atoms with Gasteiger partial charge in [-0.05, 0) is 36.4 Å². The Balaban J connectivity index is 1.99. The first kappa shape index (κ1) is 11.0. The molecule has 4 heteroatoms. The Morgan fingerprint density at radius 3 is 2.62 bits per heavy atom. The number of hydrogen-bond donors (Lipinski definition) is 1. The van der Waals surface area contributed by atoms with Gasteiger partial charge in [-0.15, -0.1) is 0 Å². The molecule has 16 heavy (non-hydrogen) atoms. The molecule has 0 unspecified atom stereocenters. The van der Waals surface area contributed by atoms with Gasteiger partial charge in [-0.3, -0.25) is 4.98 Å². The molecule has 0 aliphatic carbocycles. The monoisotopic (exact) mass is 278 g/mol. The van der Waals surface area contributed by atoms with Crippen LogP contribution in [0.2, 0.25) is 0 Å². The zero-order valence-corrected chi connectivity index (χ0v) is 10.1. The van der Waals surface area contributed by atoms with Crippen molar-refractivity contribution in [1.82, 2.24) is 4.98 Å². The molecule has 3 nitrogen and oxygen atoms in total. The smallest absolute Gasteiger partial charge is 0.130 e. The maximum absolute atomic E-state index is 5.65. The van der Waals surface area contributed by atoms with E-state index in [4.69, 9.17) is 10.5 Å². The summed E-state index contributed by atoms with van der Waals surface area (Å²) in [4.78, 5) is 4.16. The largest absolute Gasteiger partial charge is 0.487 e. The Kier molecular flexibility index (Phi) is 3.41. The van der Waals surface area contributed by atoms with Gasteiger partial charge in [0.05, 0.1) is 5.69 Å². The number of hydrogen-bond acceptors (Lipinski definition) is 3. The van der Waals surface area contributed by atoms with Gasteiger partial charge in [0.1, 0.15) is 12.4 Å². The minimum absolute atomic E-state index is 0.423. The van der Waals surface area contributed by atoms with Crippen LogP contribution >= 0.6 is 15.9 Å². The van der Waals surface area contributed by atoms with E-state index >= 15 is 0 Å². The van der Waals surface area contributed by atoms with Crippen molar-refractivity contribution in [3.8, 4) is 5.75 Å². The van der Waals surface area contributed by atoms with E-state index in [9.17, 15) is 0 Å². The number of rotatable bonds is 3. The molecule has 1 aromatic carbocycles. The van der Waals surface area contributed by atoms with E-state index in [1.807, 2.05) is 24.3 Å². The van der Waals surface area contributed by atoms with Crippen molar-refractivity contribution in [2.24, 2.45) is 0 Å². The Hall–Kier alpha value is -1.55. The van der Waals surface area contributed by atoms with Crippen LogP contribution in [0.5, 0.6) is 5.75 Å². The molecule has 82 valence electrons. The highest BCUT2D eigenvalue weighted by molar-refractivity contribution is 9.10. The summed E-state index contributed by atoms with van der Waals surface area (Å²) in [6.07, 6.45) is 1.68. The van der Waals surface area contributed by atoms with Gasteiger partial charge in [0.2, 0.25) is 0 Å².